The third-order valence-corrected chi connectivity index (χ3v) is 5.98. The lowest BCUT2D eigenvalue weighted by Gasteiger charge is -2.03. The number of methoxy groups -OCH3 is 1. The van der Waals surface area contributed by atoms with E-state index in [0.29, 0.717) is 11.5 Å². The van der Waals surface area contributed by atoms with E-state index in [1.54, 1.807) is 30.6 Å². The fraction of sp³-hybridized carbons (Fsp3) is 0.0556. The molecule has 138 valence electrons. The lowest BCUT2D eigenvalue weighted by atomic mass is 10.1. The number of fused-ring (bicyclic) bond motifs is 1. The number of aromatic amines is 1. The summed E-state index contributed by atoms with van der Waals surface area (Å²) < 4.78 is 29.0. The highest BCUT2D eigenvalue weighted by atomic mass is 32.2. The normalized spacial score (nSPS) is 11.6. The van der Waals surface area contributed by atoms with Gasteiger partial charge in [0.2, 0.25) is 10.0 Å². The topological polar surface area (TPSA) is 110 Å². The summed E-state index contributed by atoms with van der Waals surface area (Å²) in [5.74, 6) is 1.45. The van der Waals surface area contributed by atoms with Crippen molar-refractivity contribution in [3.8, 4) is 17.0 Å². The van der Waals surface area contributed by atoms with Gasteiger partial charge in [-0.3, -0.25) is 5.10 Å². The van der Waals surface area contributed by atoms with E-state index in [2.05, 4.69) is 20.9 Å². The summed E-state index contributed by atoms with van der Waals surface area (Å²) in [6.45, 7) is 0. The maximum atomic E-state index is 11.3. The fourth-order valence-electron chi connectivity index (χ4n) is 2.74. The third kappa shape index (κ3) is 3.52. The van der Waals surface area contributed by atoms with E-state index in [9.17, 15) is 8.42 Å². The van der Waals surface area contributed by atoms with Gasteiger partial charge in [-0.15, -0.1) is 11.3 Å². The van der Waals surface area contributed by atoms with Crippen LogP contribution in [0.15, 0.2) is 58.8 Å². The average molecular weight is 400 g/mol. The number of nitrogens with zero attached hydrogens (tertiary/aromatic N) is 1. The predicted molar refractivity (Wildman–Crippen MR) is 107 cm³/mol. The first-order valence-corrected chi connectivity index (χ1v) is 10.4. The van der Waals surface area contributed by atoms with Crippen LogP contribution in [0, 0.1) is 0 Å². The van der Waals surface area contributed by atoms with E-state index in [0.717, 1.165) is 27.1 Å². The minimum absolute atomic E-state index is 0.0657. The second-order valence-electron chi connectivity index (χ2n) is 5.87. The van der Waals surface area contributed by atoms with Crippen LogP contribution in [0.4, 0.5) is 11.5 Å². The molecule has 0 fully saturated rings. The van der Waals surface area contributed by atoms with E-state index in [1.165, 1.54) is 12.1 Å². The van der Waals surface area contributed by atoms with Crippen molar-refractivity contribution in [1.82, 2.24) is 10.2 Å². The minimum Gasteiger partial charge on any atom is -0.497 e. The zero-order chi connectivity index (χ0) is 19.0. The van der Waals surface area contributed by atoms with E-state index < -0.39 is 10.0 Å². The number of ether oxygens (including phenoxy) is 1. The van der Waals surface area contributed by atoms with Gasteiger partial charge in [0.15, 0.2) is 5.82 Å². The molecular formula is C18H16N4O3S2. The Balaban J connectivity index is 1.59. The van der Waals surface area contributed by atoms with Gasteiger partial charge in [0, 0.05) is 32.8 Å². The summed E-state index contributed by atoms with van der Waals surface area (Å²) in [6.07, 6.45) is 0. The van der Waals surface area contributed by atoms with Gasteiger partial charge in [0.1, 0.15) is 5.75 Å². The van der Waals surface area contributed by atoms with Crippen molar-refractivity contribution in [3.05, 3.63) is 53.9 Å². The van der Waals surface area contributed by atoms with Crippen LogP contribution >= 0.6 is 11.3 Å². The van der Waals surface area contributed by atoms with Crippen molar-refractivity contribution in [2.45, 2.75) is 4.90 Å². The van der Waals surface area contributed by atoms with Crippen LogP contribution < -0.4 is 15.2 Å². The SMILES string of the molecule is COc1ccc2c(-c3cc(Nc4ccc(S(N)(=O)=O)cc4)n[nH]3)csc2c1. The molecule has 0 saturated heterocycles. The van der Waals surface area contributed by atoms with Crippen LogP contribution in [0.5, 0.6) is 5.75 Å². The van der Waals surface area contributed by atoms with Gasteiger partial charge in [0.25, 0.3) is 0 Å². The molecule has 27 heavy (non-hydrogen) atoms. The molecule has 0 aliphatic rings. The molecule has 4 N–H and O–H groups in total. The van der Waals surface area contributed by atoms with Crippen molar-refractivity contribution >= 4 is 43.0 Å². The molecule has 0 aliphatic heterocycles. The third-order valence-electron chi connectivity index (χ3n) is 4.11. The van der Waals surface area contributed by atoms with Crippen LogP contribution in [0.1, 0.15) is 0 Å². The number of sulfonamides is 1. The van der Waals surface area contributed by atoms with Crippen molar-refractivity contribution in [3.63, 3.8) is 0 Å². The smallest absolute Gasteiger partial charge is 0.238 e. The highest BCUT2D eigenvalue weighted by Gasteiger charge is 2.11. The number of H-pyrrole nitrogens is 1. The molecule has 2 aromatic carbocycles. The highest BCUT2D eigenvalue weighted by Crippen LogP contribution is 2.36. The molecule has 4 aromatic rings. The number of aromatic nitrogens is 2. The van der Waals surface area contributed by atoms with Gasteiger partial charge in [0.05, 0.1) is 17.7 Å². The summed E-state index contributed by atoms with van der Waals surface area (Å²) >= 11 is 1.64. The molecule has 0 bridgehead atoms. The quantitative estimate of drug-likeness (QED) is 0.473. The van der Waals surface area contributed by atoms with Crippen LogP contribution in [0.25, 0.3) is 21.3 Å². The van der Waals surface area contributed by atoms with Crippen LogP contribution in [-0.2, 0) is 10.0 Å². The first kappa shape index (κ1) is 17.5. The van der Waals surface area contributed by atoms with E-state index in [1.807, 2.05) is 24.3 Å². The van der Waals surface area contributed by atoms with Crippen molar-refractivity contribution in [2.75, 3.05) is 12.4 Å². The zero-order valence-corrected chi connectivity index (χ0v) is 15.9. The standard InChI is InChI=1S/C18H16N4O3S2/c1-25-12-4-7-14-15(10-26-17(14)8-12)16-9-18(22-21-16)20-11-2-5-13(6-3-11)27(19,23)24/h2-10H,1H3,(H2,19,23,24)(H2,20,21,22). The maximum absolute atomic E-state index is 11.3. The largest absolute Gasteiger partial charge is 0.497 e. The summed E-state index contributed by atoms with van der Waals surface area (Å²) in [5.41, 5.74) is 2.65. The van der Waals surface area contributed by atoms with E-state index in [-0.39, 0.29) is 4.90 Å². The molecule has 0 saturated carbocycles. The number of hydrogen-bond acceptors (Lipinski definition) is 6. The molecule has 0 amide bonds. The Hall–Kier alpha value is -2.88. The summed E-state index contributed by atoms with van der Waals surface area (Å²) in [6, 6.07) is 14.0. The molecule has 0 spiro atoms. The first-order chi connectivity index (χ1) is 12.9. The molecule has 2 heterocycles. The number of nitrogens with two attached hydrogens (primary N) is 1. The van der Waals surface area contributed by atoms with Gasteiger partial charge < -0.3 is 10.1 Å². The Morgan fingerprint density at radius 3 is 2.63 bits per heavy atom. The lowest BCUT2D eigenvalue weighted by Crippen LogP contribution is -2.11. The Bertz CT molecular complexity index is 1210. The molecule has 2 aromatic heterocycles. The molecule has 0 atom stereocenters. The Morgan fingerprint density at radius 1 is 1.15 bits per heavy atom. The molecule has 4 rings (SSSR count). The zero-order valence-electron chi connectivity index (χ0n) is 14.3. The van der Waals surface area contributed by atoms with Gasteiger partial charge in [-0.25, -0.2) is 13.6 Å². The average Bonchev–Trinajstić information content (AvgIpc) is 3.27. The number of anilines is 2. The second-order valence-corrected chi connectivity index (χ2v) is 8.35. The van der Waals surface area contributed by atoms with Crippen LogP contribution in [0.2, 0.25) is 0 Å². The molecular weight excluding hydrogens is 384 g/mol. The monoisotopic (exact) mass is 400 g/mol. The van der Waals surface area contributed by atoms with Gasteiger partial charge in [-0.05, 0) is 42.5 Å². The number of primary sulfonamides is 1. The van der Waals surface area contributed by atoms with Gasteiger partial charge in [-0.2, -0.15) is 5.10 Å². The van der Waals surface area contributed by atoms with E-state index in [4.69, 9.17) is 9.88 Å². The summed E-state index contributed by atoms with van der Waals surface area (Å²) in [4.78, 5) is 0.0657. The molecule has 9 heteroatoms. The predicted octanol–water partition coefficient (Wildman–Crippen LogP) is 3.69. The second kappa shape index (κ2) is 6.69. The Kier molecular flexibility index (Phi) is 4.34. The van der Waals surface area contributed by atoms with Crippen molar-refractivity contribution in [1.29, 1.82) is 0 Å². The number of nitrogens with one attached hydrogen (secondary N) is 2. The highest BCUT2D eigenvalue weighted by molar-refractivity contribution is 7.89. The summed E-state index contributed by atoms with van der Waals surface area (Å²) in [7, 11) is -2.05. The Morgan fingerprint density at radius 2 is 1.93 bits per heavy atom. The maximum Gasteiger partial charge on any atom is 0.238 e. The van der Waals surface area contributed by atoms with Crippen molar-refractivity contribution < 1.29 is 13.2 Å². The number of thiophene rings is 1. The lowest BCUT2D eigenvalue weighted by molar-refractivity contribution is 0.415. The minimum atomic E-state index is -3.70. The summed E-state index contributed by atoms with van der Waals surface area (Å²) in [5, 5.41) is 18.7. The first-order valence-electron chi connectivity index (χ1n) is 7.95. The molecule has 0 radical (unpaired) electrons. The molecule has 7 nitrogen and oxygen atoms in total. The molecule has 0 unspecified atom stereocenters. The Labute approximate surface area is 159 Å². The van der Waals surface area contributed by atoms with Crippen LogP contribution in [-0.4, -0.2) is 25.7 Å². The number of hydrogen-bond donors (Lipinski definition) is 3. The molecule has 0 aliphatic carbocycles. The van der Waals surface area contributed by atoms with Crippen LogP contribution in [0.3, 0.4) is 0 Å². The van der Waals surface area contributed by atoms with Crippen molar-refractivity contribution in [2.24, 2.45) is 5.14 Å². The van der Waals surface area contributed by atoms with E-state index >= 15 is 0 Å². The number of rotatable bonds is 5. The fourth-order valence-corrected chi connectivity index (χ4v) is 4.25. The van der Waals surface area contributed by atoms with Gasteiger partial charge >= 0.3 is 0 Å². The number of benzene rings is 2. The van der Waals surface area contributed by atoms with Gasteiger partial charge in [-0.1, -0.05) is 0 Å².